The van der Waals surface area contributed by atoms with Crippen molar-refractivity contribution in [2.75, 3.05) is 24.2 Å². The molecule has 1 aromatic carbocycles. The first-order valence-electron chi connectivity index (χ1n) is 11.9. The van der Waals surface area contributed by atoms with Crippen LogP contribution in [0, 0.1) is 0 Å². The average Bonchev–Trinajstić information content (AvgIpc) is 3.32. The molecule has 1 aliphatic heterocycles. The van der Waals surface area contributed by atoms with Gasteiger partial charge in [0.25, 0.3) is 0 Å². The van der Waals surface area contributed by atoms with Gasteiger partial charge >= 0.3 is 0 Å². The Morgan fingerprint density at radius 2 is 1.79 bits per heavy atom. The normalized spacial score (nSPS) is 14.9. The quantitative estimate of drug-likeness (QED) is 0.361. The predicted molar refractivity (Wildman–Crippen MR) is 135 cm³/mol. The third kappa shape index (κ3) is 6.54. The number of nitrogens with zero attached hydrogens (tertiary/aromatic N) is 4. The molecule has 0 radical (unpaired) electrons. The van der Waals surface area contributed by atoms with Crippen LogP contribution < -0.4 is 9.64 Å². The lowest BCUT2D eigenvalue weighted by Gasteiger charge is -2.31. The standard InChI is InChI=1S/C25H32N4O3S2/c1-3-4-5-6-19-15-26-25(27-16-19)29-13-11-20(12-14-29)24-28-21(18-33-24)17-32-22-7-9-23(10-8-22)34(2,30)31/h7-10,15-16,18,20H,3-6,11-14,17H2,1-2H3. The van der Waals surface area contributed by atoms with Gasteiger partial charge in [0.15, 0.2) is 9.84 Å². The highest BCUT2D eigenvalue weighted by atomic mass is 32.2. The van der Waals surface area contributed by atoms with Crippen molar-refractivity contribution < 1.29 is 13.2 Å². The number of piperidine rings is 1. The Balaban J connectivity index is 1.25. The molecular formula is C25H32N4O3S2. The number of sulfone groups is 1. The van der Waals surface area contributed by atoms with E-state index in [0.29, 0.717) is 18.3 Å². The van der Waals surface area contributed by atoms with Gasteiger partial charge in [-0.25, -0.2) is 23.4 Å². The van der Waals surface area contributed by atoms with Gasteiger partial charge in [-0.2, -0.15) is 0 Å². The maximum absolute atomic E-state index is 11.6. The molecule has 0 spiro atoms. The number of unbranched alkanes of at least 4 members (excludes halogenated alkanes) is 2. The number of benzene rings is 1. The number of aryl methyl sites for hydroxylation is 1. The molecule has 7 nitrogen and oxygen atoms in total. The summed E-state index contributed by atoms with van der Waals surface area (Å²) in [6, 6.07) is 6.49. The second kappa shape index (κ2) is 11.3. The maximum atomic E-state index is 11.6. The van der Waals surface area contributed by atoms with Crippen molar-refractivity contribution in [1.82, 2.24) is 15.0 Å². The van der Waals surface area contributed by atoms with E-state index >= 15 is 0 Å². The van der Waals surface area contributed by atoms with Crippen molar-refractivity contribution in [1.29, 1.82) is 0 Å². The molecule has 2 aromatic heterocycles. The number of hydrogen-bond donors (Lipinski definition) is 0. The Morgan fingerprint density at radius 1 is 1.09 bits per heavy atom. The van der Waals surface area contributed by atoms with E-state index < -0.39 is 9.84 Å². The molecule has 3 aromatic rings. The predicted octanol–water partition coefficient (Wildman–Crippen LogP) is 5.03. The molecule has 3 heterocycles. The summed E-state index contributed by atoms with van der Waals surface area (Å²) < 4.78 is 29.0. The van der Waals surface area contributed by atoms with Crippen LogP contribution in [0.15, 0.2) is 46.9 Å². The number of aromatic nitrogens is 3. The molecule has 9 heteroatoms. The molecule has 0 unspecified atom stereocenters. The molecule has 0 saturated carbocycles. The third-order valence-electron chi connectivity index (χ3n) is 6.10. The summed E-state index contributed by atoms with van der Waals surface area (Å²) in [6.07, 6.45) is 11.9. The van der Waals surface area contributed by atoms with Gasteiger partial charge in [0.05, 0.1) is 15.6 Å². The first-order chi connectivity index (χ1) is 16.4. The minimum Gasteiger partial charge on any atom is -0.487 e. The van der Waals surface area contributed by atoms with Crippen LogP contribution in [0.5, 0.6) is 5.75 Å². The van der Waals surface area contributed by atoms with Gasteiger partial charge in [0, 0.05) is 43.0 Å². The summed E-state index contributed by atoms with van der Waals surface area (Å²) in [4.78, 5) is 16.6. The molecular weight excluding hydrogens is 468 g/mol. The maximum Gasteiger partial charge on any atom is 0.225 e. The molecule has 1 fully saturated rings. The number of ether oxygens (including phenoxy) is 1. The van der Waals surface area contributed by atoms with Gasteiger partial charge in [0.1, 0.15) is 12.4 Å². The van der Waals surface area contributed by atoms with Gasteiger partial charge in [-0.1, -0.05) is 19.8 Å². The third-order valence-corrected chi connectivity index (χ3v) is 8.28. The monoisotopic (exact) mass is 500 g/mol. The summed E-state index contributed by atoms with van der Waals surface area (Å²) in [5.41, 5.74) is 2.12. The average molecular weight is 501 g/mol. The molecule has 0 N–H and O–H groups in total. The fourth-order valence-corrected chi connectivity index (χ4v) is 5.67. The summed E-state index contributed by atoms with van der Waals surface area (Å²) in [6.45, 7) is 4.44. The van der Waals surface area contributed by atoms with Crippen LogP contribution in [0.25, 0.3) is 0 Å². The van der Waals surface area contributed by atoms with Crippen molar-refractivity contribution in [3.63, 3.8) is 0 Å². The van der Waals surface area contributed by atoms with Crippen molar-refractivity contribution in [2.24, 2.45) is 0 Å². The van der Waals surface area contributed by atoms with E-state index in [2.05, 4.69) is 21.8 Å². The fraction of sp³-hybridized carbons (Fsp3) is 0.480. The van der Waals surface area contributed by atoms with Crippen molar-refractivity contribution in [3.05, 3.63) is 58.3 Å². The molecule has 34 heavy (non-hydrogen) atoms. The lowest BCUT2D eigenvalue weighted by Crippen LogP contribution is -2.34. The number of rotatable bonds is 10. The highest BCUT2D eigenvalue weighted by molar-refractivity contribution is 7.90. The molecule has 0 bridgehead atoms. The fourth-order valence-electron chi connectivity index (χ4n) is 4.06. The van der Waals surface area contributed by atoms with E-state index in [9.17, 15) is 8.42 Å². The topological polar surface area (TPSA) is 85.3 Å². The molecule has 0 aliphatic carbocycles. The van der Waals surface area contributed by atoms with Crippen LogP contribution in [0.3, 0.4) is 0 Å². The Morgan fingerprint density at radius 3 is 2.44 bits per heavy atom. The SMILES string of the molecule is CCCCCc1cnc(N2CCC(c3nc(COc4ccc(S(C)(=O)=O)cc4)cs3)CC2)nc1. The van der Waals surface area contributed by atoms with Crippen molar-refractivity contribution in [3.8, 4) is 5.75 Å². The summed E-state index contributed by atoms with van der Waals surface area (Å²) in [7, 11) is -3.20. The van der Waals surface area contributed by atoms with Gasteiger partial charge in [0.2, 0.25) is 5.95 Å². The molecule has 182 valence electrons. The van der Waals surface area contributed by atoms with Crippen LogP contribution in [0.2, 0.25) is 0 Å². The smallest absolute Gasteiger partial charge is 0.225 e. The number of anilines is 1. The van der Waals surface area contributed by atoms with E-state index in [1.54, 1.807) is 35.6 Å². The zero-order valence-corrected chi connectivity index (χ0v) is 21.4. The Bertz CT molecular complexity index is 1150. The summed E-state index contributed by atoms with van der Waals surface area (Å²) in [5.74, 6) is 1.90. The molecule has 0 amide bonds. The van der Waals surface area contributed by atoms with Crippen molar-refractivity contribution in [2.45, 2.75) is 62.9 Å². The van der Waals surface area contributed by atoms with E-state index in [0.717, 1.165) is 49.0 Å². The number of thiazole rings is 1. The van der Waals surface area contributed by atoms with Gasteiger partial charge in [-0.15, -0.1) is 11.3 Å². The van der Waals surface area contributed by atoms with E-state index in [1.807, 2.05) is 17.8 Å². The van der Waals surface area contributed by atoms with E-state index in [-0.39, 0.29) is 4.90 Å². The second-order valence-corrected chi connectivity index (χ2v) is 11.7. The lowest BCUT2D eigenvalue weighted by molar-refractivity contribution is 0.301. The van der Waals surface area contributed by atoms with Crippen LogP contribution in [-0.2, 0) is 22.9 Å². The van der Waals surface area contributed by atoms with E-state index in [4.69, 9.17) is 9.72 Å². The zero-order chi connectivity index (χ0) is 24.0. The first-order valence-corrected chi connectivity index (χ1v) is 14.6. The summed E-state index contributed by atoms with van der Waals surface area (Å²) in [5, 5.41) is 3.20. The molecule has 0 atom stereocenters. The van der Waals surface area contributed by atoms with E-state index in [1.165, 1.54) is 31.1 Å². The highest BCUT2D eigenvalue weighted by Crippen LogP contribution is 2.31. The number of hydrogen-bond acceptors (Lipinski definition) is 8. The Kier molecular flexibility index (Phi) is 8.15. The highest BCUT2D eigenvalue weighted by Gasteiger charge is 2.24. The van der Waals surface area contributed by atoms with Crippen LogP contribution in [0.1, 0.15) is 61.2 Å². The van der Waals surface area contributed by atoms with Gasteiger partial charge < -0.3 is 9.64 Å². The van der Waals surface area contributed by atoms with Crippen LogP contribution >= 0.6 is 11.3 Å². The van der Waals surface area contributed by atoms with Crippen LogP contribution in [0.4, 0.5) is 5.95 Å². The Hall–Kier alpha value is -2.52. The lowest BCUT2D eigenvalue weighted by atomic mass is 9.98. The van der Waals surface area contributed by atoms with Gasteiger partial charge in [-0.05, 0) is 55.5 Å². The molecule has 1 saturated heterocycles. The Labute approximate surface area is 206 Å². The first kappa shape index (κ1) is 24.6. The van der Waals surface area contributed by atoms with Gasteiger partial charge in [-0.3, -0.25) is 0 Å². The van der Waals surface area contributed by atoms with Crippen molar-refractivity contribution >= 4 is 27.1 Å². The molecule has 1 aliphatic rings. The van der Waals surface area contributed by atoms with Crippen LogP contribution in [-0.4, -0.2) is 42.7 Å². The minimum atomic E-state index is -3.20. The summed E-state index contributed by atoms with van der Waals surface area (Å²) >= 11 is 1.69. The second-order valence-electron chi connectivity index (χ2n) is 8.82. The molecule has 4 rings (SSSR count). The zero-order valence-electron chi connectivity index (χ0n) is 19.8. The minimum absolute atomic E-state index is 0.287. The largest absolute Gasteiger partial charge is 0.487 e.